The summed E-state index contributed by atoms with van der Waals surface area (Å²) in [4.78, 5) is 20.3. The van der Waals surface area contributed by atoms with Crippen LogP contribution in [0.5, 0.6) is 0 Å². The van der Waals surface area contributed by atoms with Crippen LogP contribution in [-0.2, 0) is 0 Å². The van der Waals surface area contributed by atoms with Crippen LogP contribution in [0.3, 0.4) is 0 Å². The molecule has 0 bridgehead atoms. The van der Waals surface area contributed by atoms with E-state index < -0.39 is 15.3 Å². The molecule has 2 rings (SSSR count). The second-order valence-corrected chi connectivity index (χ2v) is 17.7. The van der Waals surface area contributed by atoms with Gasteiger partial charge in [-0.3, -0.25) is 0 Å². The molecule has 2 aromatic rings. The van der Waals surface area contributed by atoms with Crippen LogP contribution < -0.4 is 10.4 Å². The summed E-state index contributed by atoms with van der Waals surface area (Å²) in [6.07, 6.45) is 7.95. The molecule has 6 heteroatoms. The smallest absolute Gasteiger partial charge is 0.401 e. The second-order valence-electron chi connectivity index (χ2n) is 6.99. The van der Waals surface area contributed by atoms with E-state index in [1.54, 1.807) is 24.3 Å². The predicted octanol–water partition coefficient (Wildman–Crippen LogP) is 5.12. The molecular weight excluding hydrogens is 411 g/mol. The van der Waals surface area contributed by atoms with E-state index in [9.17, 15) is 9.59 Å². The van der Waals surface area contributed by atoms with Crippen LogP contribution in [0.2, 0.25) is 12.6 Å². The van der Waals surface area contributed by atoms with Crippen molar-refractivity contribution in [1.82, 2.24) is 0 Å². The summed E-state index contributed by atoms with van der Waals surface area (Å²) in [5.74, 6) is 0. The minimum absolute atomic E-state index is 0.608. The molecule has 2 nitrogen and oxygen atoms in total. The Morgan fingerprint density at radius 3 is 1.52 bits per heavy atom. The van der Waals surface area contributed by atoms with Gasteiger partial charge in [-0.2, -0.15) is 0 Å². The molecule has 0 saturated carbocycles. The van der Waals surface area contributed by atoms with Crippen LogP contribution in [0.1, 0.15) is 45.4 Å². The average molecular weight is 444 g/mol. The topological polar surface area (TPSA) is 40.5 Å². The van der Waals surface area contributed by atoms with Crippen molar-refractivity contribution in [2.24, 2.45) is 0 Å². The third-order valence-corrected chi connectivity index (χ3v) is 8.96. The predicted molar refractivity (Wildman–Crippen MR) is 124 cm³/mol. The van der Waals surface area contributed by atoms with Gasteiger partial charge in [-0.05, 0) is 23.0 Å². The highest BCUT2D eigenvalue weighted by molar-refractivity contribution is 7.44. The Morgan fingerprint density at radius 2 is 1.11 bits per heavy atom. The Kier molecular flexibility index (Phi) is 11.5. The van der Waals surface area contributed by atoms with Crippen molar-refractivity contribution in [2.45, 2.75) is 58.0 Å². The summed E-state index contributed by atoms with van der Waals surface area (Å²) in [6.45, 7) is 2.46. The SMILES string of the molecule is CCCCCCCC[Si](C)(Cl)Cl.O[Si](O)(c1ccccc1)c1ccccc1. The Balaban J connectivity index is 0.000000279. The summed E-state index contributed by atoms with van der Waals surface area (Å²) < 4.78 is 0. The first kappa shape index (κ1) is 24.4. The molecule has 0 aliphatic carbocycles. The molecule has 0 radical (unpaired) electrons. The third kappa shape index (κ3) is 10.5. The van der Waals surface area contributed by atoms with E-state index in [1.807, 2.05) is 42.9 Å². The summed E-state index contributed by atoms with van der Waals surface area (Å²) in [5, 5.41) is 1.22. The van der Waals surface area contributed by atoms with E-state index in [4.69, 9.17) is 22.2 Å². The Morgan fingerprint density at radius 1 is 0.704 bits per heavy atom. The Bertz CT molecular complexity index is 576. The van der Waals surface area contributed by atoms with Gasteiger partial charge >= 0.3 is 8.56 Å². The van der Waals surface area contributed by atoms with E-state index in [0.29, 0.717) is 10.4 Å². The molecule has 2 N–H and O–H groups in total. The van der Waals surface area contributed by atoms with Gasteiger partial charge in [0.25, 0.3) is 0 Å². The van der Waals surface area contributed by atoms with Gasteiger partial charge in [-0.1, -0.05) is 106 Å². The molecule has 0 fully saturated rings. The molecule has 0 saturated heterocycles. The number of unbranched alkanes of at least 4 members (excludes halogenated alkanes) is 5. The van der Waals surface area contributed by atoms with Crippen molar-refractivity contribution in [3.8, 4) is 0 Å². The summed E-state index contributed by atoms with van der Waals surface area (Å²) in [6, 6.07) is 19.0. The highest BCUT2D eigenvalue weighted by Crippen LogP contribution is 2.23. The van der Waals surface area contributed by atoms with Crippen LogP contribution in [0.25, 0.3) is 0 Å². The van der Waals surface area contributed by atoms with E-state index in [-0.39, 0.29) is 0 Å². The standard InChI is InChI=1S/C12H12O2Si.C9H20Cl2Si/c13-15(14,11-7-3-1-4-8-11)12-9-5-2-6-10-12;1-3-4-5-6-7-8-9-12(2,10)11/h1-10,13-14H;3-9H2,1-2H3. The normalized spacial score (nSPS) is 11.6. The molecule has 2 aromatic carbocycles. The lowest BCUT2D eigenvalue weighted by Gasteiger charge is -2.18. The zero-order valence-corrected chi connectivity index (χ0v) is 19.9. The van der Waals surface area contributed by atoms with E-state index in [0.717, 1.165) is 6.04 Å². The largest absolute Gasteiger partial charge is 0.404 e. The molecule has 0 heterocycles. The first-order chi connectivity index (χ1) is 12.8. The molecule has 0 unspecified atom stereocenters. The van der Waals surface area contributed by atoms with Gasteiger partial charge in [0.1, 0.15) is 0 Å². The fraction of sp³-hybridized carbons (Fsp3) is 0.429. The number of hydrogen-bond acceptors (Lipinski definition) is 2. The summed E-state index contributed by atoms with van der Waals surface area (Å²) >= 11 is 12.0. The Labute approximate surface area is 175 Å². The van der Waals surface area contributed by atoms with Crippen molar-refractivity contribution in [3.63, 3.8) is 0 Å². The van der Waals surface area contributed by atoms with Crippen LogP contribution in [0.15, 0.2) is 60.7 Å². The van der Waals surface area contributed by atoms with Crippen LogP contribution in [-0.4, -0.2) is 24.8 Å². The Hall–Kier alpha value is -0.626. The zero-order chi connectivity index (χ0) is 20.2. The first-order valence-electron chi connectivity index (χ1n) is 9.71. The van der Waals surface area contributed by atoms with Gasteiger partial charge in [0.2, 0.25) is 6.69 Å². The maximum absolute atomic E-state index is 10.2. The lowest BCUT2D eigenvalue weighted by molar-refractivity contribution is 0.401. The van der Waals surface area contributed by atoms with Gasteiger partial charge < -0.3 is 9.59 Å². The lowest BCUT2D eigenvalue weighted by atomic mass is 10.1. The molecule has 0 atom stereocenters. The van der Waals surface area contributed by atoms with Crippen LogP contribution >= 0.6 is 22.2 Å². The average Bonchev–Trinajstić information content (AvgIpc) is 2.66. The maximum Gasteiger partial charge on any atom is 0.401 e. The van der Waals surface area contributed by atoms with Gasteiger partial charge in [0.15, 0.2) is 0 Å². The highest BCUT2D eigenvalue weighted by Gasteiger charge is 2.34. The van der Waals surface area contributed by atoms with Gasteiger partial charge in [0, 0.05) is 0 Å². The minimum Gasteiger partial charge on any atom is -0.404 e. The van der Waals surface area contributed by atoms with E-state index in [1.165, 1.54) is 38.5 Å². The zero-order valence-electron chi connectivity index (χ0n) is 16.4. The number of benzene rings is 2. The number of halogens is 2. The molecule has 0 aromatic heterocycles. The van der Waals surface area contributed by atoms with Crippen LogP contribution in [0, 0.1) is 0 Å². The number of hydrogen-bond donors (Lipinski definition) is 2. The highest BCUT2D eigenvalue weighted by atomic mass is 35.7. The van der Waals surface area contributed by atoms with Crippen LogP contribution in [0.4, 0.5) is 0 Å². The monoisotopic (exact) mass is 442 g/mol. The van der Waals surface area contributed by atoms with Gasteiger partial charge in [0.05, 0.1) is 0 Å². The molecule has 0 aliphatic rings. The van der Waals surface area contributed by atoms with E-state index >= 15 is 0 Å². The molecule has 0 spiro atoms. The third-order valence-electron chi connectivity index (χ3n) is 4.32. The van der Waals surface area contributed by atoms with Crippen molar-refractivity contribution in [1.29, 1.82) is 0 Å². The quantitative estimate of drug-likeness (QED) is 0.321. The lowest BCUT2D eigenvalue weighted by Crippen LogP contribution is -2.59. The first-order valence-corrected chi connectivity index (χ1v) is 16.3. The van der Waals surface area contributed by atoms with Crippen molar-refractivity contribution >= 4 is 47.8 Å². The van der Waals surface area contributed by atoms with Crippen molar-refractivity contribution < 1.29 is 9.59 Å². The summed E-state index contributed by atoms with van der Waals surface area (Å²) in [7, 11) is -3.46. The summed E-state index contributed by atoms with van der Waals surface area (Å²) in [5.41, 5.74) is 0. The number of rotatable bonds is 9. The molecule has 0 aliphatic heterocycles. The maximum atomic E-state index is 10.2. The molecular formula is C21H32Cl2O2Si2. The van der Waals surface area contributed by atoms with Gasteiger partial charge in [-0.15, -0.1) is 22.2 Å². The van der Waals surface area contributed by atoms with Crippen molar-refractivity contribution in [3.05, 3.63) is 60.7 Å². The molecule has 150 valence electrons. The molecule has 27 heavy (non-hydrogen) atoms. The van der Waals surface area contributed by atoms with Crippen molar-refractivity contribution in [2.75, 3.05) is 0 Å². The van der Waals surface area contributed by atoms with Gasteiger partial charge in [-0.25, -0.2) is 0 Å². The van der Waals surface area contributed by atoms with E-state index in [2.05, 4.69) is 6.92 Å². The second kappa shape index (κ2) is 12.8. The molecule has 0 amide bonds. The minimum atomic E-state index is -3.46. The fourth-order valence-electron chi connectivity index (χ4n) is 2.72. The fourth-order valence-corrected chi connectivity index (χ4v) is 6.04.